The average molecular weight is 1450 g/mol. The Kier molecular flexibility index (Phi) is 31.3. The maximum Gasteiger partial charge on any atom is 0.308 e. The van der Waals surface area contributed by atoms with Crippen LogP contribution in [0.4, 0.5) is 10.1 Å². The van der Waals surface area contributed by atoms with E-state index >= 15 is 0 Å². The fourth-order valence-corrected chi connectivity index (χ4v) is 13.4. The molecule has 4 aromatic carbocycles. The molecule has 2 aliphatic heterocycles. The van der Waals surface area contributed by atoms with Gasteiger partial charge in [0.1, 0.15) is 36.4 Å². The number of thiazole rings is 1. The van der Waals surface area contributed by atoms with E-state index in [4.69, 9.17) is 52.1 Å². The number of hydrogen-bond acceptors (Lipinski definition) is 19. The zero-order valence-electron chi connectivity index (χ0n) is 61.7. The molecule has 2 aliphatic rings. The van der Waals surface area contributed by atoms with Crippen LogP contribution < -0.4 is 15.4 Å². The molecule has 2 saturated heterocycles. The van der Waals surface area contributed by atoms with Crippen molar-refractivity contribution in [3.63, 3.8) is 0 Å². The van der Waals surface area contributed by atoms with E-state index in [1.54, 1.807) is 47.7 Å². The van der Waals surface area contributed by atoms with Gasteiger partial charge in [0.05, 0.1) is 138 Å². The topological polar surface area (TPSA) is 252 Å². The summed E-state index contributed by atoms with van der Waals surface area (Å²) < 4.78 is 80.5. The van der Waals surface area contributed by atoms with E-state index in [2.05, 4.69) is 34.0 Å². The molecular formula is C79H106FN5O17S. The number of benzene rings is 4. The van der Waals surface area contributed by atoms with E-state index in [1.807, 2.05) is 122 Å². The number of ketones is 1. The van der Waals surface area contributed by atoms with Crippen LogP contribution in [0.1, 0.15) is 135 Å². The quantitative estimate of drug-likeness (QED) is 0.0238. The van der Waals surface area contributed by atoms with E-state index < -0.39 is 41.0 Å². The summed E-state index contributed by atoms with van der Waals surface area (Å²) in [5.41, 5.74) is 8.44. The Morgan fingerprint density at radius 2 is 1.26 bits per heavy atom. The largest absolute Gasteiger partial charge is 0.491 e. The van der Waals surface area contributed by atoms with Crippen molar-refractivity contribution in [2.45, 2.75) is 163 Å². The van der Waals surface area contributed by atoms with Gasteiger partial charge in [-0.05, 0) is 130 Å². The maximum absolute atomic E-state index is 14.9. The van der Waals surface area contributed by atoms with Gasteiger partial charge in [-0.2, -0.15) is 0 Å². The van der Waals surface area contributed by atoms with Crippen LogP contribution in [0.15, 0.2) is 109 Å². The maximum atomic E-state index is 14.9. The summed E-state index contributed by atoms with van der Waals surface area (Å²) >= 11 is 1.57. The Balaban J connectivity index is 0.657. The molecular weight excluding hydrogens is 1340 g/mol. The molecule has 24 heteroatoms. The fourth-order valence-electron chi connectivity index (χ4n) is 12.6. The van der Waals surface area contributed by atoms with Crippen LogP contribution in [0.5, 0.6) is 5.75 Å². The third kappa shape index (κ3) is 25.8. The minimum absolute atomic E-state index is 0.0105. The van der Waals surface area contributed by atoms with Gasteiger partial charge in [0.2, 0.25) is 11.8 Å². The number of amides is 3. The number of Topliss-reactive ketones (excluding diaryl/α,β-unsaturated/α-hetero) is 1. The first kappa shape index (κ1) is 81.3. The summed E-state index contributed by atoms with van der Waals surface area (Å²) in [5.74, 6) is -3.17. The number of ether oxygens (including phenoxy) is 11. The van der Waals surface area contributed by atoms with Crippen molar-refractivity contribution < 1.29 is 85.6 Å². The van der Waals surface area contributed by atoms with Crippen molar-refractivity contribution in [1.29, 1.82) is 0 Å². The molecule has 2 aromatic heterocycles. The van der Waals surface area contributed by atoms with Crippen molar-refractivity contribution in [3.05, 3.63) is 137 Å². The van der Waals surface area contributed by atoms with Crippen molar-refractivity contribution in [2.75, 3.05) is 111 Å². The zero-order valence-corrected chi connectivity index (χ0v) is 62.5. The first-order valence-electron chi connectivity index (χ1n) is 35.7. The van der Waals surface area contributed by atoms with Gasteiger partial charge in [0, 0.05) is 61.8 Å². The number of halogens is 1. The zero-order chi connectivity index (χ0) is 74.1. The number of carbonyl (C=O) groups is 5. The highest BCUT2D eigenvalue weighted by atomic mass is 32.1. The molecule has 562 valence electrons. The first-order chi connectivity index (χ1) is 49.2. The van der Waals surface area contributed by atoms with Crippen molar-refractivity contribution in [1.82, 2.24) is 19.8 Å². The molecule has 0 unspecified atom stereocenters. The van der Waals surface area contributed by atoms with Crippen molar-refractivity contribution >= 4 is 46.5 Å². The Hall–Kier alpha value is -7.33. The SMILES string of the molecule is Cc1ncsc1-c1ccc(CNC(=O)[C@@H]2C[C@@H](O)CN2C(=O)[C@@H](CC(=O)COCCOCCOCCOCCOCCOCCOCCOc2ccc(NC(=O)c3c(-c4ccccc4)c(-c4ccc(F)cc4)n(CC[C@@H]4C[C@H](CC(=O)OC(C)(C)C)OC(C)(C)O4)c3C(C)C)cc2)C(C)(C)C)cc1. The van der Waals surface area contributed by atoms with E-state index in [1.165, 1.54) is 17.0 Å². The van der Waals surface area contributed by atoms with Crippen molar-refractivity contribution in [3.8, 4) is 38.6 Å². The highest BCUT2D eigenvalue weighted by Crippen LogP contribution is 2.44. The average Bonchev–Trinajstić information content (AvgIpc) is 1.59. The van der Waals surface area contributed by atoms with Crippen LogP contribution in [0.3, 0.4) is 0 Å². The summed E-state index contributed by atoms with van der Waals surface area (Å²) in [4.78, 5) is 75.4. The lowest BCUT2D eigenvalue weighted by molar-refractivity contribution is -0.301. The fraction of sp³-hybridized carbons (Fsp3) is 0.544. The predicted molar refractivity (Wildman–Crippen MR) is 391 cm³/mol. The molecule has 5 atom stereocenters. The summed E-state index contributed by atoms with van der Waals surface area (Å²) in [6.07, 6.45) is -0.450. The lowest BCUT2D eigenvalue weighted by atomic mass is 9.77. The number of carbonyl (C=O) groups excluding carboxylic acids is 5. The number of aryl methyl sites for hydroxylation is 1. The van der Waals surface area contributed by atoms with E-state index in [0.717, 1.165) is 49.8 Å². The molecule has 22 nitrogen and oxygen atoms in total. The summed E-state index contributed by atoms with van der Waals surface area (Å²) in [6.45, 7) is 26.3. The van der Waals surface area contributed by atoms with E-state index in [-0.39, 0.29) is 99.5 Å². The van der Waals surface area contributed by atoms with Gasteiger partial charge in [-0.25, -0.2) is 9.37 Å². The number of likely N-dealkylation sites (tertiary alicyclic amines) is 1. The molecule has 8 rings (SSSR count). The van der Waals surface area contributed by atoms with Gasteiger partial charge in [-0.3, -0.25) is 24.0 Å². The van der Waals surface area contributed by atoms with Crippen LogP contribution in [0.2, 0.25) is 0 Å². The molecule has 0 aliphatic carbocycles. The molecule has 3 N–H and O–H groups in total. The highest BCUT2D eigenvalue weighted by Gasteiger charge is 2.45. The number of hydrogen-bond donors (Lipinski definition) is 3. The van der Waals surface area contributed by atoms with Gasteiger partial charge in [-0.1, -0.05) is 89.2 Å². The van der Waals surface area contributed by atoms with Gasteiger partial charge < -0.3 is 77.3 Å². The van der Waals surface area contributed by atoms with Crippen LogP contribution in [-0.4, -0.2) is 190 Å². The minimum atomic E-state index is -0.960. The highest BCUT2D eigenvalue weighted by molar-refractivity contribution is 7.13. The first-order valence-corrected chi connectivity index (χ1v) is 36.6. The lowest BCUT2D eigenvalue weighted by Gasteiger charge is -2.41. The predicted octanol–water partition coefficient (Wildman–Crippen LogP) is 12.2. The van der Waals surface area contributed by atoms with E-state index in [0.29, 0.717) is 116 Å². The summed E-state index contributed by atoms with van der Waals surface area (Å²) in [6, 6.07) is 30.3. The Labute approximate surface area is 609 Å². The standard InChI is InChI=1S/C79H106FN5O17S/c1-53(2)71-70(69(56-15-13-12-14-16-56)72(57-21-23-59(80)24-22-57)84(71)30-29-64-47-65(101-79(10,11)100-64)48-68(88)102-78(7,8)9)75(90)83-60-25-27-63(28-26-60)99-44-43-97-40-39-95-36-35-93-32-31-92-33-34-94-37-38-96-41-42-98-51-62(87)45-66(77(4,5)6)76(91)85-50-61(86)46-67(85)74(89)81-49-55-17-19-58(20-18-55)73-54(3)82-52-103-73/h12-28,52-53,61,64-67,86H,29-51H2,1-11H3,(H,81,89)(H,83,90)/t61-,64-,65-,66-,67+/m1/s1. The number of anilines is 1. The number of aliphatic hydroxyl groups excluding tert-OH is 1. The number of aromatic nitrogens is 2. The smallest absolute Gasteiger partial charge is 0.308 e. The van der Waals surface area contributed by atoms with Crippen LogP contribution >= 0.6 is 11.3 Å². The molecule has 0 radical (unpaired) electrons. The molecule has 0 spiro atoms. The van der Waals surface area contributed by atoms with Crippen LogP contribution in [-0.2, 0) is 79.6 Å². The van der Waals surface area contributed by atoms with Gasteiger partial charge in [0.15, 0.2) is 11.6 Å². The summed E-state index contributed by atoms with van der Waals surface area (Å²) in [7, 11) is 0. The Bertz CT molecular complexity index is 3630. The summed E-state index contributed by atoms with van der Waals surface area (Å²) in [5, 5.41) is 16.7. The lowest BCUT2D eigenvalue weighted by Crippen LogP contribution is -2.50. The van der Waals surface area contributed by atoms with Gasteiger partial charge >= 0.3 is 5.97 Å². The second-order valence-electron chi connectivity index (χ2n) is 28.7. The minimum Gasteiger partial charge on any atom is -0.491 e. The van der Waals surface area contributed by atoms with Gasteiger partial charge in [-0.15, -0.1) is 11.3 Å². The number of rotatable bonds is 41. The number of nitrogens with one attached hydrogen (secondary N) is 2. The Morgan fingerprint density at radius 1 is 0.699 bits per heavy atom. The monoisotopic (exact) mass is 1450 g/mol. The molecule has 6 aromatic rings. The van der Waals surface area contributed by atoms with E-state index in [9.17, 15) is 33.5 Å². The van der Waals surface area contributed by atoms with Crippen molar-refractivity contribution in [2.24, 2.45) is 11.3 Å². The van der Waals surface area contributed by atoms with Crippen LogP contribution in [0.25, 0.3) is 32.8 Å². The van der Waals surface area contributed by atoms with Crippen LogP contribution in [0, 0.1) is 24.1 Å². The molecule has 4 heterocycles. The number of esters is 1. The number of β-amino-alcohol motifs (C(OH)–C–C–N with tert-alkyl or cyclic N) is 1. The third-order valence-electron chi connectivity index (χ3n) is 17.3. The molecule has 3 amide bonds. The second-order valence-corrected chi connectivity index (χ2v) is 29.5. The molecule has 0 saturated carbocycles. The molecule has 2 fully saturated rings. The Morgan fingerprint density at radius 3 is 1.82 bits per heavy atom. The van der Waals surface area contributed by atoms with Gasteiger partial charge in [0.25, 0.3) is 5.91 Å². The molecule has 0 bridgehead atoms. The molecule has 103 heavy (non-hydrogen) atoms. The third-order valence-corrected chi connectivity index (χ3v) is 18.3. The second kappa shape index (κ2) is 39.7. The number of nitrogens with zero attached hydrogens (tertiary/aromatic N) is 3. The normalized spacial score (nSPS) is 17.2. The number of aliphatic hydroxyl groups is 1.